The molecule has 39 heavy (non-hydrogen) atoms. The van der Waals surface area contributed by atoms with Gasteiger partial charge in [-0.25, -0.2) is 13.8 Å². The van der Waals surface area contributed by atoms with Crippen molar-refractivity contribution in [2.24, 2.45) is 5.10 Å². The second-order valence-corrected chi connectivity index (χ2v) is 10.9. The van der Waals surface area contributed by atoms with Gasteiger partial charge in [-0.1, -0.05) is 41.9 Å². The van der Waals surface area contributed by atoms with Crippen LogP contribution < -0.4 is 14.5 Å². The number of carbonyl (C=O) groups excluding carboxylic acids is 1. The fourth-order valence-electron chi connectivity index (χ4n) is 4.17. The summed E-state index contributed by atoms with van der Waals surface area (Å²) in [6.45, 7) is 5.75. The largest absolute Gasteiger partial charge is 0.494 e. The highest BCUT2D eigenvalue weighted by Gasteiger charge is 2.27. The minimum Gasteiger partial charge on any atom is -0.494 e. The first-order chi connectivity index (χ1) is 18.7. The third-order valence-electron chi connectivity index (χ3n) is 6.01. The Labute approximate surface area is 233 Å². The van der Waals surface area contributed by atoms with Crippen molar-refractivity contribution in [2.45, 2.75) is 25.7 Å². The van der Waals surface area contributed by atoms with E-state index in [1.165, 1.54) is 18.3 Å². The van der Waals surface area contributed by atoms with E-state index in [4.69, 9.17) is 16.3 Å². The summed E-state index contributed by atoms with van der Waals surface area (Å²) >= 11 is 6.39. The molecule has 8 nitrogen and oxygen atoms in total. The molecule has 0 saturated carbocycles. The SMILES string of the molecule is CCOc1ccc(N(CC(=O)N/N=C\c2cc(C)n(-c3ccccc3Cl)c2C)S(=O)(=O)c2ccccc2)cc1. The third kappa shape index (κ3) is 6.32. The Morgan fingerprint density at radius 2 is 1.69 bits per heavy atom. The Morgan fingerprint density at radius 1 is 1.03 bits per heavy atom. The zero-order valence-electron chi connectivity index (χ0n) is 21.8. The van der Waals surface area contributed by atoms with Crippen LogP contribution in [0.25, 0.3) is 5.69 Å². The van der Waals surface area contributed by atoms with Crippen molar-refractivity contribution in [3.8, 4) is 11.4 Å². The van der Waals surface area contributed by atoms with Crippen LogP contribution in [0.1, 0.15) is 23.9 Å². The van der Waals surface area contributed by atoms with Crippen LogP contribution in [-0.4, -0.2) is 38.3 Å². The zero-order valence-corrected chi connectivity index (χ0v) is 23.4. The number of aryl methyl sites for hydroxylation is 1. The second-order valence-electron chi connectivity index (χ2n) is 8.66. The van der Waals surface area contributed by atoms with Crippen LogP contribution in [0.4, 0.5) is 5.69 Å². The monoisotopic (exact) mass is 564 g/mol. The molecular weight excluding hydrogens is 536 g/mol. The van der Waals surface area contributed by atoms with Gasteiger partial charge < -0.3 is 9.30 Å². The average Bonchev–Trinajstić information content (AvgIpc) is 3.21. The minimum absolute atomic E-state index is 0.0715. The molecular formula is C29H29ClN4O4S. The lowest BCUT2D eigenvalue weighted by Gasteiger charge is -2.24. The number of benzene rings is 3. The lowest BCUT2D eigenvalue weighted by atomic mass is 10.2. The molecule has 0 aliphatic carbocycles. The summed E-state index contributed by atoms with van der Waals surface area (Å²) in [6.07, 6.45) is 1.53. The predicted molar refractivity (Wildman–Crippen MR) is 155 cm³/mol. The van der Waals surface area contributed by atoms with Crippen LogP contribution in [0.15, 0.2) is 94.9 Å². The Kier molecular flexibility index (Phi) is 8.73. The molecule has 0 aliphatic heterocycles. The number of carbonyl (C=O) groups is 1. The number of halogens is 1. The number of hydrogen-bond donors (Lipinski definition) is 1. The van der Waals surface area contributed by atoms with Crippen molar-refractivity contribution in [3.05, 3.63) is 107 Å². The van der Waals surface area contributed by atoms with Gasteiger partial charge in [0.25, 0.3) is 15.9 Å². The molecule has 0 saturated heterocycles. The molecule has 1 amide bonds. The first-order valence-corrected chi connectivity index (χ1v) is 14.1. The van der Waals surface area contributed by atoms with Crippen LogP contribution in [-0.2, 0) is 14.8 Å². The first kappa shape index (κ1) is 27.9. The maximum atomic E-state index is 13.5. The third-order valence-corrected chi connectivity index (χ3v) is 8.12. The molecule has 3 aromatic carbocycles. The van der Waals surface area contributed by atoms with E-state index in [0.29, 0.717) is 23.1 Å². The number of hydrogen-bond acceptors (Lipinski definition) is 5. The summed E-state index contributed by atoms with van der Waals surface area (Å²) in [7, 11) is -4.03. The summed E-state index contributed by atoms with van der Waals surface area (Å²) in [6, 6.07) is 24.0. The summed E-state index contributed by atoms with van der Waals surface area (Å²) in [5, 5.41) is 4.72. The molecule has 0 atom stereocenters. The van der Waals surface area contributed by atoms with Gasteiger partial charge in [-0.15, -0.1) is 0 Å². The number of sulfonamides is 1. The number of aromatic nitrogens is 1. The highest BCUT2D eigenvalue weighted by Crippen LogP contribution is 2.27. The quantitative estimate of drug-likeness (QED) is 0.203. The maximum Gasteiger partial charge on any atom is 0.264 e. The van der Waals surface area contributed by atoms with Crippen molar-refractivity contribution in [1.82, 2.24) is 9.99 Å². The van der Waals surface area contributed by atoms with E-state index in [0.717, 1.165) is 26.9 Å². The van der Waals surface area contributed by atoms with E-state index < -0.39 is 22.5 Å². The minimum atomic E-state index is -4.03. The highest BCUT2D eigenvalue weighted by molar-refractivity contribution is 7.92. The van der Waals surface area contributed by atoms with Gasteiger partial charge in [-0.05, 0) is 75.4 Å². The van der Waals surface area contributed by atoms with Crippen molar-refractivity contribution in [3.63, 3.8) is 0 Å². The van der Waals surface area contributed by atoms with Gasteiger partial charge >= 0.3 is 0 Å². The average molecular weight is 565 g/mol. The van der Waals surface area contributed by atoms with Crippen LogP contribution in [0.5, 0.6) is 5.75 Å². The van der Waals surface area contributed by atoms with Crippen molar-refractivity contribution in [1.29, 1.82) is 0 Å². The Morgan fingerprint density at radius 3 is 2.36 bits per heavy atom. The zero-order chi connectivity index (χ0) is 28.0. The summed E-state index contributed by atoms with van der Waals surface area (Å²) in [4.78, 5) is 13.0. The van der Waals surface area contributed by atoms with E-state index in [9.17, 15) is 13.2 Å². The summed E-state index contributed by atoms with van der Waals surface area (Å²) in [5.74, 6) is 0.00121. The van der Waals surface area contributed by atoms with Crippen LogP contribution in [0.2, 0.25) is 5.02 Å². The van der Waals surface area contributed by atoms with Gasteiger partial charge in [-0.3, -0.25) is 9.10 Å². The lowest BCUT2D eigenvalue weighted by Crippen LogP contribution is -2.39. The smallest absolute Gasteiger partial charge is 0.264 e. The number of rotatable bonds is 10. The Balaban J connectivity index is 1.55. The van der Waals surface area contributed by atoms with Gasteiger partial charge in [0.15, 0.2) is 0 Å². The van der Waals surface area contributed by atoms with Gasteiger partial charge in [0.05, 0.1) is 34.1 Å². The first-order valence-electron chi connectivity index (χ1n) is 12.3. The maximum absolute atomic E-state index is 13.5. The molecule has 0 radical (unpaired) electrons. The van der Waals surface area contributed by atoms with Gasteiger partial charge in [-0.2, -0.15) is 5.10 Å². The van der Waals surface area contributed by atoms with Gasteiger partial charge in [0.2, 0.25) is 0 Å². The molecule has 0 unspecified atom stereocenters. The Hall–Kier alpha value is -4.08. The predicted octanol–water partition coefficient (Wildman–Crippen LogP) is 5.49. The van der Waals surface area contributed by atoms with Crippen molar-refractivity contribution >= 4 is 39.4 Å². The molecule has 10 heteroatoms. The van der Waals surface area contributed by atoms with E-state index in [1.807, 2.05) is 55.7 Å². The van der Waals surface area contributed by atoms with E-state index >= 15 is 0 Å². The lowest BCUT2D eigenvalue weighted by molar-refractivity contribution is -0.119. The van der Waals surface area contributed by atoms with E-state index in [-0.39, 0.29) is 4.90 Å². The number of hydrazone groups is 1. The van der Waals surface area contributed by atoms with Crippen LogP contribution in [0, 0.1) is 13.8 Å². The van der Waals surface area contributed by atoms with E-state index in [2.05, 4.69) is 10.5 Å². The number of nitrogens with zero attached hydrogens (tertiary/aromatic N) is 3. The fourth-order valence-corrected chi connectivity index (χ4v) is 5.83. The molecule has 202 valence electrons. The number of anilines is 1. The fraction of sp³-hybridized carbons (Fsp3) is 0.172. The number of amides is 1. The molecule has 0 aliphatic rings. The molecule has 4 aromatic rings. The molecule has 0 spiro atoms. The van der Waals surface area contributed by atoms with Gasteiger partial charge in [0.1, 0.15) is 12.3 Å². The van der Waals surface area contributed by atoms with Crippen LogP contribution >= 0.6 is 11.6 Å². The molecule has 1 N–H and O–H groups in total. The molecule has 1 heterocycles. The standard InChI is InChI=1S/C29H29ClN4O4S/c1-4-38-25-16-14-24(15-17-25)33(39(36,37)26-10-6-5-7-11-26)20-29(35)32-31-19-23-18-21(2)34(22(23)3)28-13-9-8-12-27(28)30/h5-19H,4,20H2,1-3H3,(H,32,35)/b31-19-. The molecule has 1 aromatic heterocycles. The summed E-state index contributed by atoms with van der Waals surface area (Å²) in [5.41, 5.74) is 6.25. The second kappa shape index (κ2) is 12.2. The summed E-state index contributed by atoms with van der Waals surface area (Å²) < 4.78 is 35.5. The normalized spacial score (nSPS) is 11.5. The highest BCUT2D eigenvalue weighted by atomic mass is 35.5. The number of nitrogens with one attached hydrogen (secondary N) is 1. The molecule has 0 fully saturated rings. The van der Waals surface area contributed by atoms with Crippen molar-refractivity contribution in [2.75, 3.05) is 17.5 Å². The number of para-hydroxylation sites is 1. The Bertz CT molecular complexity index is 1580. The van der Waals surface area contributed by atoms with Crippen molar-refractivity contribution < 1.29 is 17.9 Å². The molecule has 4 rings (SSSR count). The molecule has 0 bridgehead atoms. The van der Waals surface area contributed by atoms with Gasteiger partial charge in [0, 0.05) is 17.0 Å². The van der Waals surface area contributed by atoms with E-state index in [1.54, 1.807) is 42.5 Å². The number of ether oxygens (including phenoxy) is 1. The van der Waals surface area contributed by atoms with Crippen LogP contribution in [0.3, 0.4) is 0 Å². The topological polar surface area (TPSA) is 93.0 Å².